The van der Waals surface area contributed by atoms with Crippen LogP contribution in [0, 0.1) is 12.8 Å². The minimum atomic E-state index is -0.165. The fraction of sp³-hybridized carbons (Fsp3) is 0.571. The second kappa shape index (κ2) is 4.98. The summed E-state index contributed by atoms with van der Waals surface area (Å²) in [5.41, 5.74) is 2.77. The second-order valence-corrected chi connectivity index (χ2v) is 4.95. The smallest absolute Gasteiger partial charge is 0.0552 e. The highest BCUT2D eigenvalue weighted by atomic mass is 16.3. The average Bonchev–Trinajstić information content (AvgIpc) is 2.70. The first-order chi connectivity index (χ1) is 7.66. The Morgan fingerprint density at radius 1 is 1.44 bits per heavy atom. The van der Waals surface area contributed by atoms with Crippen molar-refractivity contribution in [3.05, 3.63) is 35.4 Å². The van der Waals surface area contributed by atoms with Crippen molar-refractivity contribution < 1.29 is 5.11 Å². The average molecular weight is 219 g/mol. The number of benzene rings is 1. The molecule has 0 amide bonds. The first-order valence-electron chi connectivity index (χ1n) is 6.11. The van der Waals surface area contributed by atoms with Gasteiger partial charge in [0.05, 0.1) is 6.10 Å². The Morgan fingerprint density at radius 3 is 2.81 bits per heavy atom. The van der Waals surface area contributed by atoms with E-state index in [0.29, 0.717) is 5.92 Å². The van der Waals surface area contributed by atoms with Crippen LogP contribution >= 0.6 is 0 Å². The summed E-state index contributed by atoms with van der Waals surface area (Å²) in [5.74, 6) is 0.462. The number of rotatable bonds is 3. The lowest BCUT2D eigenvalue weighted by Crippen LogP contribution is -2.24. The third-order valence-corrected chi connectivity index (χ3v) is 3.65. The molecule has 0 saturated carbocycles. The molecule has 2 rings (SSSR count). The van der Waals surface area contributed by atoms with Crippen molar-refractivity contribution >= 4 is 0 Å². The molecule has 0 radical (unpaired) electrons. The summed E-state index contributed by atoms with van der Waals surface area (Å²) in [6.45, 7) is 7.24. The SMILES string of the molecule is Cc1ccccc1CN1CCC(C(C)O)C1. The highest BCUT2D eigenvalue weighted by Crippen LogP contribution is 2.22. The molecule has 0 aliphatic carbocycles. The van der Waals surface area contributed by atoms with Gasteiger partial charge in [0.15, 0.2) is 0 Å². The van der Waals surface area contributed by atoms with Crippen molar-refractivity contribution in [1.29, 1.82) is 0 Å². The predicted octanol–water partition coefficient (Wildman–Crippen LogP) is 2.20. The quantitative estimate of drug-likeness (QED) is 0.842. The van der Waals surface area contributed by atoms with Crippen molar-refractivity contribution in [2.24, 2.45) is 5.92 Å². The summed E-state index contributed by atoms with van der Waals surface area (Å²) in [5, 5.41) is 9.56. The first-order valence-corrected chi connectivity index (χ1v) is 6.11. The number of aliphatic hydroxyl groups excluding tert-OH is 1. The largest absolute Gasteiger partial charge is 0.393 e. The van der Waals surface area contributed by atoms with E-state index in [1.807, 2.05) is 6.92 Å². The highest BCUT2D eigenvalue weighted by Gasteiger charge is 2.25. The van der Waals surface area contributed by atoms with Crippen LogP contribution in [0.3, 0.4) is 0 Å². The number of aryl methyl sites for hydroxylation is 1. The monoisotopic (exact) mass is 219 g/mol. The Hall–Kier alpha value is -0.860. The fourth-order valence-electron chi connectivity index (χ4n) is 2.43. The molecule has 1 aromatic rings. The first kappa shape index (κ1) is 11.6. The summed E-state index contributed by atoms with van der Waals surface area (Å²) in [6, 6.07) is 8.55. The van der Waals surface area contributed by atoms with Gasteiger partial charge in [-0.05, 0) is 43.9 Å². The Balaban J connectivity index is 1.95. The molecule has 0 aromatic heterocycles. The Labute approximate surface area is 97.9 Å². The number of aliphatic hydroxyl groups is 1. The van der Waals surface area contributed by atoms with E-state index in [0.717, 1.165) is 26.1 Å². The van der Waals surface area contributed by atoms with Gasteiger partial charge in [0.2, 0.25) is 0 Å². The number of nitrogens with zero attached hydrogens (tertiary/aromatic N) is 1. The summed E-state index contributed by atoms with van der Waals surface area (Å²) in [7, 11) is 0. The van der Waals surface area contributed by atoms with Gasteiger partial charge in [0.1, 0.15) is 0 Å². The molecule has 1 aliphatic heterocycles. The summed E-state index contributed by atoms with van der Waals surface area (Å²) < 4.78 is 0. The van der Waals surface area contributed by atoms with E-state index in [1.165, 1.54) is 11.1 Å². The van der Waals surface area contributed by atoms with Gasteiger partial charge in [-0.3, -0.25) is 4.90 Å². The molecule has 1 heterocycles. The Bertz CT molecular complexity index is 348. The van der Waals surface area contributed by atoms with E-state index in [9.17, 15) is 5.11 Å². The second-order valence-electron chi connectivity index (χ2n) is 4.95. The topological polar surface area (TPSA) is 23.5 Å². The molecule has 2 atom stereocenters. The molecule has 2 nitrogen and oxygen atoms in total. The summed E-state index contributed by atoms with van der Waals surface area (Å²) in [4.78, 5) is 2.44. The van der Waals surface area contributed by atoms with Gasteiger partial charge < -0.3 is 5.11 Å². The lowest BCUT2D eigenvalue weighted by molar-refractivity contribution is 0.127. The van der Waals surface area contributed by atoms with Crippen LogP contribution in [0.15, 0.2) is 24.3 Å². The van der Waals surface area contributed by atoms with E-state index >= 15 is 0 Å². The van der Waals surface area contributed by atoms with Crippen molar-refractivity contribution in [3.8, 4) is 0 Å². The maximum atomic E-state index is 9.56. The molecule has 0 bridgehead atoms. The fourth-order valence-corrected chi connectivity index (χ4v) is 2.43. The molecule has 1 N–H and O–H groups in total. The van der Waals surface area contributed by atoms with Crippen LogP contribution in [0.2, 0.25) is 0 Å². The lowest BCUT2D eigenvalue weighted by Gasteiger charge is -2.18. The van der Waals surface area contributed by atoms with Crippen LogP contribution in [0.1, 0.15) is 24.5 Å². The molecule has 2 heteroatoms. The van der Waals surface area contributed by atoms with Crippen molar-refractivity contribution in [2.75, 3.05) is 13.1 Å². The molecule has 1 saturated heterocycles. The van der Waals surface area contributed by atoms with Gasteiger partial charge in [-0.1, -0.05) is 24.3 Å². The third kappa shape index (κ3) is 2.63. The van der Waals surface area contributed by atoms with Crippen LogP contribution in [0.4, 0.5) is 0 Å². The van der Waals surface area contributed by atoms with Crippen LogP contribution in [-0.4, -0.2) is 29.2 Å². The van der Waals surface area contributed by atoms with E-state index in [4.69, 9.17) is 0 Å². The molecule has 16 heavy (non-hydrogen) atoms. The van der Waals surface area contributed by atoms with Gasteiger partial charge in [-0.15, -0.1) is 0 Å². The molecule has 2 unspecified atom stereocenters. The summed E-state index contributed by atoms with van der Waals surface area (Å²) >= 11 is 0. The zero-order valence-electron chi connectivity index (χ0n) is 10.2. The molecule has 88 valence electrons. The zero-order valence-corrected chi connectivity index (χ0v) is 10.2. The van der Waals surface area contributed by atoms with Gasteiger partial charge in [-0.2, -0.15) is 0 Å². The molecular formula is C14H21NO. The van der Waals surface area contributed by atoms with E-state index in [1.54, 1.807) is 0 Å². The van der Waals surface area contributed by atoms with Crippen molar-refractivity contribution in [2.45, 2.75) is 32.9 Å². The van der Waals surface area contributed by atoms with Gasteiger partial charge >= 0.3 is 0 Å². The van der Waals surface area contributed by atoms with Crippen LogP contribution in [0.25, 0.3) is 0 Å². The highest BCUT2D eigenvalue weighted by molar-refractivity contribution is 5.25. The lowest BCUT2D eigenvalue weighted by atomic mass is 10.0. The number of likely N-dealkylation sites (tertiary alicyclic amines) is 1. The van der Waals surface area contributed by atoms with Crippen LogP contribution in [-0.2, 0) is 6.54 Å². The molecule has 1 aliphatic rings. The maximum Gasteiger partial charge on any atom is 0.0552 e. The van der Waals surface area contributed by atoms with E-state index < -0.39 is 0 Å². The molecule has 1 aromatic carbocycles. The Morgan fingerprint density at radius 2 is 2.19 bits per heavy atom. The van der Waals surface area contributed by atoms with Crippen LogP contribution in [0.5, 0.6) is 0 Å². The minimum Gasteiger partial charge on any atom is -0.393 e. The molecule has 0 spiro atoms. The predicted molar refractivity (Wildman–Crippen MR) is 66.2 cm³/mol. The van der Waals surface area contributed by atoms with Crippen molar-refractivity contribution in [1.82, 2.24) is 4.90 Å². The molecule has 1 fully saturated rings. The Kier molecular flexibility index (Phi) is 3.62. The standard InChI is InChI=1S/C14H21NO/c1-11-5-3-4-6-13(11)9-15-8-7-14(10-15)12(2)16/h3-6,12,14,16H,7-10H2,1-2H3. The maximum absolute atomic E-state index is 9.56. The van der Waals surface area contributed by atoms with Crippen molar-refractivity contribution in [3.63, 3.8) is 0 Å². The number of hydrogen-bond donors (Lipinski definition) is 1. The van der Waals surface area contributed by atoms with E-state index in [-0.39, 0.29) is 6.10 Å². The minimum absolute atomic E-state index is 0.165. The van der Waals surface area contributed by atoms with Gasteiger partial charge in [0, 0.05) is 13.1 Å². The van der Waals surface area contributed by atoms with Gasteiger partial charge in [0.25, 0.3) is 0 Å². The third-order valence-electron chi connectivity index (χ3n) is 3.65. The van der Waals surface area contributed by atoms with E-state index in [2.05, 4.69) is 36.1 Å². The number of hydrogen-bond acceptors (Lipinski definition) is 2. The zero-order chi connectivity index (χ0) is 11.5. The van der Waals surface area contributed by atoms with Crippen LogP contribution < -0.4 is 0 Å². The summed E-state index contributed by atoms with van der Waals surface area (Å²) in [6.07, 6.45) is 0.964. The van der Waals surface area contributed by atoms with Gasteiger partial charge in [-0.25, -0.2) is 0 Å². The molecular weight excluding hydrogens is 198 g/mol. The normalized spacial score (nSPS) is 23.6.